The molecule has 0 radical (unpaired) electrons. The summed E-state index contributed by atoms with van der Waals surface area (Å²) >= 11 is 0. The summed E-state index contributed by atoms with van der Waals surface area (Å²) in [6.07, 6.45) is 2.02. The highest BCUT2D eigenvalue weighted by Gasteiger charge is 2.28. The summed E-state index contributed by atoms with van der Waals surface area (Å²) < 4.78 is 12.1. The molecule has 1 aliphatic rings. The molecule has 2 aromatic rings. The summed E-state index contributed by atoms with van der Waals surface area (Å²) in [5.74, 6) is -0.481. The number of nitrogens with one attached hydrogen (secondary N) is 1. The Kier molecular flexibility index (Phi) is 5.71. The maximum absolute atomic E-state index is 12.3. The van der Waals surface area contributed by atoms with E-state index in [0.717, 1.165) is 5.69 Å². The largest absolute Gasteiger partial charge is 0.459 e. The molecule has 0 aromatic carbocycles. The van der Waals surface area contributed by atoms with Crippen LogP contribution in [0.5, 0.6) is 0 Å². The maximum atomic E-state index is 12.3. The fourth-order valence-corrected chi connectivity index (χ4v) is 3.36. The number of amides is 1. The number of fused-ring (bicyclic) bond motifs is 1. The second-order valence-electron chi connectivity index (χ2n) is 7.53. The standard InChI is InChI=1S/C19H26N4O5/c1-11(2)27-18(25)14-10-20-23-15(9-16(24)21-17(14)23)13-5-7-22(8-6-13)19(26)28-12(3)4/h9-13H,5-8H2,1-4H3,(H,21,24). The molecule has 3 heterocycles. The number of esters is 1. The highest BCUT2D eigenvalue weighted by molar-refractivity contribution is 5.95. The maximum Gasteiger partial charge on any atom is 0.410 e. The van der Waals surface area contributed by atoms with Gasteiger partial charge in [0.25, 0.3) is 5.56 Å². The lowest BCUT2D eigenvalue weighted by Gasteiger charge is -2.31. The first kappa shape index (κ1) is 19.9. The van der Waals surface area contributed by atoms with Crippen LogP contribution in [0.25, 0.3) is 5.65 Å². The number of ether oxygens (including phenoxy) is 2. The van der Waals surface area contributed by atoms with Crippen LogP contribution in [0.15, 0.2) is 17.1 Å². The lowest BCUT2D eigenvalue weighted by molar-refractivity contribution is 0.0379. The minimum absolute atomic E-state index is 0.0433. The van der Waals surface area contributed by atoms with Crippen molar-refractivity contribution < 1.29 is 19.1 Å². The zero-order valence-corrected chi connectivity index (χ0v) is 16.6. The Morgan fingerprint density at radius 3 is 2.39 bits per heavy atom. The van der Waals surface area contributed by atoms with E-state index in [0.29, 0.717) is 31.6 Å². The van der Waals surface area contributed by atoms with Crippen molar-refractivity contribution in [3.8, 4) is 0 Å². The van der Waals surface area contributed by atoms with Gasteiger partial charge < -0.3 is 19.4 Å². The second kappa shape index (κ2) is 8.04. The summed E-state index contributed by atoms with van der Waals surface area (Å²) in [4.78, 5) is 40.9. The van der Waals surface area contributed by atoms with Crippen LogP contribution in [0.4, 0.5) is 4.79 Å². The number of rotatable bonds is 4. The molecular formula is C19H26N4O5. The Morgan fingerprint density at radius 2 is 1.79 bits per heavy atom. The molecule has 1 fully saturated rings. The molecule has 9 nitrogen and oxygen atoms in total. The number of H-pyrrole nitrogens is 1. The third kappa shape index (κ3) is 4.18. The number of carbonyl (C=O) groups excluding carboxylic acids is 2. The van der Waals surface area contributed by atoms with Crippen molar-refractivity contribution in [2.75, 3.05) is 13.1 Å². The highest BCUT2D eigenvalue weighted by atomic mass is 16.6. The van der Waals surface area contributed by atoms with Gasteiger partial charge in [0.15, 0.2) is 5.65 Å². The van der Waals surface area contributed by atoms with E-state index in [4.69, 9.17) is 9.47 Å². The third-order valence-corrected chi connectivity index (χ3v) is 4.60. The molecule has 0 spiro atoms. The summed E-state index contributed by atoms with van der Waals surface area (Å²) in [6, 6.07) is 1.50. The molecule has 9 heteroatoms. The molecule has 1 saturated heterocycles. The predicted molar refractivity (Wildman–Crippen MR) is 102 cm³/mol. The van der Waals surface area contributed by atoms with Crippen LogP contribution in [-0.4, -0.2) is 56.9 Å². The SMILES string of the molecule is CC(C)OC(=O)c1cnn2c(C3CCN(C(=O)OC(C)C)CC3)cc(=O)[nH]c12. The quantitative estimate of drug-likeness (QED) is 0.803. The molecule has 1 N–H and O–H groups in total. The van der Waals surface area contributed by atoms with Gasteiger partial charge in [-0.25, -0.2) is 14.1 Å². The first-order valence-corrected chi connectivity index (χ1v) is 9.53. The van der Waals surface area contributed by atoms with Gasteiger partial charge in [-0.3, -0.25) is 4.79 Å². The van der Waals surface area contributed by atoms with Gasteiger partial charge in [0.05, 0.1) is 24.1 Å². The zero-order valence-electron chi connectivity index (χ0n) is 16.6. The Balaban J connectivity index is 1.83. The monoisotopic (exact) mass is 390 g/mol. The molecule has 152 valence electrons. The number of hydrogen-bond donors (Lipinski definition) is 1. The Labute approximate surface area is 162 Å². The van der Waals surface area contributed by atoms with Crippen LogP contribution in [0, 0.1) is 0 Å². The van der Waals surface area contributed by atoms with E-state index in [9.17, 15) is 14.4 Å². The number of aromatic nitrogens is 3. The molecule has 3 rings (SSSR count). The molecule has 0 bridgehead atoms. The zero-order chi connectivity index (χ0) is 20.4. The van der Waals surface area contributed by atoms with Crippen LogP contribution in [-0.2, 0) is 9.47 Å². The van der Waals surface area contributed by atoms with Gasteiger partial charge in [-0.2, -0.15) is 5.10 Å². The average molecular weight is 390 g/mol. The van der Waals surface area contributed by atoms with Gasteiger partial charge in [-0.05, 0) is 40.5 Å². The first-order valence-electron chi connectivity index (χ1n) is 9.53. The van der Waals surface area contributed by atoms with E-state index in [1.165, 1.54) is 12.3 Å². The van der Waals surface area contributed by atoms with Crippen LogP contribution in [0.1, 0.15) is 62.5 Å². The predicted octanol–water partition coefficient (Wildman–Crippen LogP) is 2.31. The molecule has 0 aliphatic carbocycles. The van der Waals surface area contributed by atoms with Crippen LogP contribution in [0.2, 0.25) is 0 Å². The molecule has 1 amide bonds. The van der Waals surface area contributed by atoms with E-state index in [1.807, 2.05) is 13.8 Å². The summed E-state index contributed by atoms with van der Waals surface area (Å²) in [6.45, 7) is 8.22. The summed E-state index contributed by atoms with van der Waals surface area (Å²) in [5, 5.41) is 4.30. The second-order valence-corrected chi connectivity index (χ2v) is 7.53. The van der Waals surface area contributed by atoms with Crippen LogP contribution < -0.4 is 5.56 Å². The number of hydrogen-bond acceptors (Lipinski definition) is 6. The minimum Gasteiger partial charge on any atom is -0.459 e. The molecule has 0 atom stereocenters. The normalized spacial score (nSPS) is 15.4. The smallest absolute Gasteiger partial charge is 0.410 e. The van der Waals surface area contributed by atoms with E-state index in [1.54, 1.807) is 23.3 Å². The van der Waals surface area contributed by atoms with Crippen molar-refractivity contribution in [2.24, 2.45) is 0 Å². The van der Waals surface area contributed by atoms with Gasteiger partial charge in [-0.15, -0.1) is 0 Å². The van der Waals surface area contributed by atoms with Crippen molar-refractivity contribution in [3.63, 3.8) is 0 Å². The van der Waals surface area contributed by atoms with E-state index in [-0.39, 0.29) is 35.3 Å². The average Bonchev–Trinajstić information content (AvgIpc) is 3.03. The van der Waals surface area contributed by atoms with Crippen LogP contribution in [0.3, 0.4) is 0 Å². The third-order valence-electron chi connectivity index (χ3n) is 4.60. The van der Waals surface area contributed by atoms with Gasteiger partial charge in [-0.1, -0.05) is 0 Å². The molecule has 0 unspecified atom stereocenters. The topological polar surface area (TPSA) is 106 Å². The van der Waals surface area contributed by atoms with E-state index in [2.05, 4.69) is 10.1 Å². The van der Waals surface area contributed by atoms with E-state index < -0.39 is 5.97 Å². The van der Waals surface area contributed by atoms with Crippen molar-refractivity contribution >= 4 is 17.7 Å². The van der Waals surface area contributed by atoms with E-state index >= 15 is 0 Å². The number of carbonyl (C=O) groups is 2. The number of likely N-dealkylation sites (tertiary alicyclic amines) is 1. The summed E-state index contributed by atoms with van der Waals surface area (Å²) in [7, 11) is 0. The highest BCUT2D eigenvalue weighted by Crippen LogP contribution is 2.28. The van der Waals surface area contributed by atoms with Gasteiger partial charge in [0.2, 0.25) is 0 Å². The molecule has 2 aromatic heterocycles. The van der Waals surface area contributed by atoms with Gasteiger partial charge in [0, 0.05) is 25.1 Å². The molecular weight excluding hydrogens is 364 g/mol. The fraction of sp³-hybridized carbons (Fsp3) is 0.579. The molecule has 28 heavy (non-hydrogen) atoms. The molecule has 1 aliphatic heterocycles. The fourth-order valence-electron chi connectivity index (χ4n) is 3.36. The Hall–Kier alpha value is -2.84. The lowest BCUT2D eigenvalue weighted by atomic mass is 9.93. The van der Waals surface area contributed by atoms with Crippen molar-refractivity contribution in [3.05, 3.63) is 33.9 Å². The minimum atomic E-state index is -0.524. The Morgan fingerprint density at radius 1 is 1.14 bits per heavy atom. The van der Waals surface area contributed by atoms with Crippen molar-refractivity contribution in [1.29, 1.82) is 0 Å². The van der Waals surface area contributed by atoms with Gasteiger partial charge >= 0.3 is 12.1 Å². The first-order chi connectivity index (χ1) is 13.3. The lowest BCUT2D eigenvalue weighted by Crippen LogP contribution is -2.39. The summed E-state index contributed by atoms with van der Waals surface area (Å²) in [5.41, 5.74) is 0.975. The number of piperidine rings is 1. The Bertz CT molecular complexity index is 922. The van der Waals surface area contributed by atoms with Gasteiger partial charge in [0.1, 0.15) is 5.56 Å². The van der Waals surface area contributed by atoms with Crippen molar-refractivity contribution in [2.45, 2.75) is 58.7 Å². The number of nitrogens with zero attached hydrogens (tertiary/aromatic N) is 3. The van der Waals surface area contributed by atoms with Crippen LogP contribution >= 0.6 is 0 Å². The van der Waals surface area contributed by atoms with Crippen molar-refractivity contribution in [1.82, 2.24) is 19.5 Å². The molecule has 0 saturated carbocycles. The number of aromatic amines is 1.